The average molecular weight is 371 g/mol. The van der Waals surface area contributed by atoms with Gasteiger partial charge in [-0.15, -0.1) is 0 Å². The lowest BCUT2D eigenvalue weighted by atomic mass is 9.81. The maximum atomic E-state index is 9.05. The van der Waals surface area contributed by atoms with Crippen molar-refractivity contribution in [3.8, 4) is 6.19 Å². The van der Waals surface area contributed by atoms with Crippen molar-refractivity contribution in [3.63, 3.8) is 0 Å². The van der Waals surface area contributed by atoms with Gasteiger partial charge in [-0.3, -0.25) is 0 Å². The van der Waals surface area contributed by atoms with E-state index in [2.05, 4.69) is 16.7 Å². The minimum Gasteiger partial charge on any atom is -0.411 e. The van der Waals surface area contributed by atoms with Crippen LogP contribution in [0.5, 0.6) is 0 Å². The van der Waals surface area contributed by atoms with Crippen molar-refractivity contribution in [1.29, 1.82) is 10.7 Å². The number of nitrogens with zero attached hydrogens (tertiary/aromatic N) is 3. The third kappa shape index (κ3) is 8.17. The first-order valence-corrected chi connectivity index (χ1v) is 9.06. The van der Waals surface area contributed by atoms with E-state index >= 15 is 0 Å². The quantitative estimate of drug-likeness (QED) is 0.228. The molecule has 0 spiro atoms. The number of nitrogens with one attached hydrogen (secondary N) is 1. The third-order valence-electron chi connectivity index (χ3n) is 4.48. The van der Waals surface area contributed by atoms with E-state index in [4.69, 9.17) is 15.9 Å². The van der Waals surface area contributed by atoms with Gasteiger partial charge in [0.05, 0.1) is 11.4 Å². The third-order valence-corrected chi connectivity index (χ3v) is 4.48. The summed E-state index contributed by atoms with van der Waals surface area (Å²) in [5, 5.41) is 29.6. The molecule has 0 fully saturated rings. The summed E-state index contributed by atoms with van der Waals surface area (Å²) >= 11 is 0. The van der Waals surface area contributed by atoms with E-state index < -0.39 is 0 Å². The second-order valence-electron chi connectivity index (χ2n) is 8.93. The molecule has 0 rings (SSSR count). The Hall–Kier alpha value is -2.48. The number of hydrogen-bond acceptors (Lipinski definition) is 5. The Bertz CT molecular complexity index is 693. The highest BCUT2D eigenvalue weighted by Crippen LogP contribution is 2.27. The summed E-state index contributed by atoms with van der Waals surface area (Å²) in [6.45, 7) is 17.7. The second kappa shape index (κ2) is 10.0. The Morgan fingerprint density at radius 3 is 1.96 bits per heavy atom. The molecule has 0 saturated heterocycles. The summed E-state index contributed by atoms with van der Waals surface area (Å²) in [7, 11) is 0. The predicted octanol–water partition coefficient (Wildman–Crippen LogP) is 5.94. The van der Waals surface area contributed by atoms with Crippen molar-refractivity contribution in [2.75, 3.05) is 0 Å². The molecule has 0 aliphatic heterocycles. The summed E-state index contributed by atoms with van der Waals surface area (Å²) in [5.74, 6) is 0. The summed E-state index contributed by atoms with van der Waals surface area (Å²) < 4.78 is 0. The minimum absolute atomic E-state index is 0.202. The standard InChI is InChI=1S/C22H34N4O/c1-9-18(26-27)22(7,8)15-10-12-17(24)21(5,6)14-11-13-19(25-16-23)20(2,3)4/h9-13,24,27H,1,14-15H2,2-8H3/b12-10+,13-11+,24-17?,25-19?,26-18+. The Morgan fingerprint density at radius 2 is 1.52 bits per heavy atom. The van der Waals surface area contributed by atoms with Crippen LogP contribution in [0, 0.1) is 33.1 Å². The second-order valence-corrected chi connectivity index (χ2v) is 8.93. The number of aliphatic imine (C=N–C) groups is 1. The molecule has 0 bridgehead atoms. The molecule has 0 atom stereocenters. The monoisotopic (exact) mass is 370 g/mol. The molecular weight excluding hydrogens is 336 g/mol. The van der Waals surface area contributed by atoms with Crippen molar-refractivity contribution >= 4 is 17.1 Å². The van der Waals surface area contributed by atoms with Gasteiger partial charge in [0, 0.05) is 22.0 Å². The highest BCUT2D eigenvalue weighted by molar-refractivity contribution is 6.00. The van der Waals surface area contributed by atoms with Crippen LogP contribution in [0.2, 0.25) is 0 Å². The molecule has 0 aromatic heterocycles. The molecule has 5 heteroatoms. The molecule has 0 saturated carbocycles. The highest BCUT2D eigenvalue weighted by Gasteiger charge is 2.24. The smallest absolute Gasteiger partial charge is 0.205 e. The van der Waals surface area contributed by atoms with E-state index in [-0.39, 0.29) is 16.2 Å². The van der Waals surface area contributed by atoms with Gasteiger partial charge in [0.15, 0.2) is 0 Å². The first kappa shape index (κ1) is 24.5. The van der Waals surface area contributed by atoms with Crippen molar-refractivity contribution in [1.82, 2.24) is 0 Å². The Morgan fingerprint density at radius 1 is 1.00 bits per heavy atom. The van der Waals surface area contributed by atoms with Crippen molar-refractivity contribution in [2.24, 2.45) is 26.4 Å². The predicted molar refractivity (Wildman–Crippen MR) is 115 cm³/mol. The zero-order valence-electron chi connectivity index (χ0n) is 17.8. The molecule has 2 N–H and O–H groups in total. The van der Waals surface area contributed by atoms with Gasteiger partial charge in [0.25, 0.3) is 0 Å². The van der Waals surface area contributed by atoms with Crippen LogP contribution in [0.4, 0.5) is 0 Å². The summed E-state index contributed by atoms with van der Waals surface area (Å²) in [4.78, 5) is 3.90. The summed E-state index contributed by atoms with van der Waals surface area (Å²) in [6, 6.07) is 0. The molecule has 0 aromatic carbocycles. The fraction of sp³-hybridized carbons (Fsp3) is 0.545. The van der Waals surface area contributed by atoms with E-state index in [0.717, 1.165) is 5.71 Å². The number of hydrogen-bond donors (Lipinski definition) is 2. The maximum absolute atomic E-state index is 9.05. The number of oxime groups is 1. The van der Waals surface area contributed by atoms with E-state index in [1.807, 2.05) is 79.0 Å². The molecule has 0 aliphatic carbocycles. The first-order valence-electron chi connectivity index (χ1n) is 9.06. The van der Waals surface area contributed by atoms with Gasteiger partial charge in [-0.05, 0) is 31.1 Å². The lowest BCUT2D eigenvalue weighted by Crippen LogP contribution is -2.23. The van der Waals surface area contributed by atoms with Crippen molar-refractivity contribution in [2.45, 2.75) is 61.3 Å². The van der Waals surface area contributed by atoms with Crippen LogP contribution in [-0.4, -0.2) is 22.3 Å². The fourth-order valence-corrected chi connectivity index (χ4v) is 2.34. The molecule has 5 nitrogen and oxygen atoms in total. The molecule has 0 aromatic rings. The molecule has 148 valence electrons. The van der Waals surface area contributed by atoms with Crippen LogP contribution in [0.15, 0.2) is 47.1 Å². The zero-order valence-corrected chi connectivity index (χ0v) is 17.8. The molecule has 0 aliphatic rings. The van der Waals surface area contributed by atoms with Gasteiger partial charge in [-0.1, -0.05) is 72.4 Å². The van der Waals surface area contributed by atoms with Gasteiger partial charge in [0.2, 0.25) is 6.19 Å². The lowest BCUT2D eigenvalue weighted by molar-refractivity contribution is 0.310. The molecule has 0 unspecified atom stereocenters. The largest absolute Gasteiger partial charge is 0.411 e. The molecular formula is C22H34N4O. The van der Waals surface area contributed by atoms with E-state index in [9.17, 15) is 0 Å². The fourth-order valence-electron chi connectivity index (χ4n) is 2.34. The average Bonchev–Trinajstić information content (AvgIpc) is 2.53. The molecule has 27 heavy (non-hydrogen) atoms. The Labute approximate surface area is 164 Å². The van der Waals surface area contributed by atoms with Crippen LogP contribution in [0.25, 0.3) is 0 Å². The SMILES string of the molecule is C=C/C(=N\O)C(C)(C)C/C=C/C(=N)C(C)(C)C/C=C/C(=NC#N)C(C)(C)C. The van der Waals surface area contributed by atoms with E-state index in [1.165, 1.54) is 0 Å². The Balaban J connectivity index is 5.06. The van der Waals surface area contributed by atoms with Crippen molar-refractivity contribution in [3.05, 3.63) is 37.0 Å². The van der Waals surface area contributed by atoms with Gasteiger partial charge in [0.1, 0.15) is 0 Å². The molecule has 0 amide bonds. The summed E-state index contributed by atoms with van der Waals surface area (Å²) in [5.41, 5.74) is 0.856. The van der Waals surface area contributed by atoms with Gasteiger partial charge < -0.3 is 10.6 Å². The van der Waals surface area contributed by atoms with Crippen LogP contribution < -0.4 is 0 Å². The molecule has 0 radical (unpaired) electrons. The zero-order chi connectivity index (χ0) is 21.3. The highest BCUT2D eigenvalue weighted by atomic mass is 16.4. The maximum Gasteiger partial charge on any atom is 0.205 e. The van der Waals surface area contributed by atoms with Gasteiger partial charge >= 0.3 is 0 Å². The number of allylic oxidation sites excluding steroid dienone is 5. The van der Waals surface area contributed by atoms with Crippen LogP contribution >= 0.6 is 0 Å². The normalized spacial score (nSPS) is 14.6. The van der Waals surface area contributed by atoms with E-state index in [0.29, 0.717) is 24.3 Å². The van der Waals surface area contributed by atoms with Crippen LogP contribution in [0.1, 0.15) is 61.3 Å². The summed E-state index contributed by atoms with van der Waals surface area (Å²) in [6.07, 6.45) is 12.3. The molecule has 0 heterocycles. The topological polar surface area (TPSA) is 92.6 Å². The van der Waals surface area contributed by atoms with Gasteiger partial charge in [-0.25, -0.2) is 0 Å². The van der Waals surface area contributed by atoms with Crippen molar-refractivity contribution < 1.29 is 5.21 Å². The van der Waals surface area contributed by atoms with E-state index in [1.54, 1.807) is 6.08 Å². The first-order chi connectivity index (χ1) is 12.3. The Kier molecular flexibility index (Phi) is 9.09. The minimum atomic E-state index is -0.354. The van der Waals surface area contributed by atoms with Gasteiger partial charge in [-0.2, -0.15) is 10.3 Å². The lowest BCUT2D eigenvalue weighted by Gasteiger charge is -2.24. The van der Waals surface area contributed by atoms with Crippen LogP contribution in [-0.2, 0) is 0 Å². The number of nitriles is 1. The number of rotatable bonds is 9. The van der Waals surface area contributed by atoms with Crippen LogP contribution in [0.3, 0.4) is 0 Å².